The number of anilines is 1. The Labute approximate surface area is 99.8 Å². The lowest BCUT2D eigenvalue weighted by atomic mass is 10.2. The topological polar surface area (TPSA) is 66.6 Å². The number of benzene rings is 1. The van der Waals surface area contributed by atoms with E-state index in [0.717, 1.165) is 11.3 Å². The fourth-order valence-corrected chi connectivity index (χ4v) is 1.79. The molecule has 0 atom stereocenters. The molecular formula is C12H15N3O2. The highest BCUT2D eigenvalue weighted by Crippen LogP contribution is 2.18. The number of nitrogens with two attached hydrogens (primary N) is 1. The zero-order valence-corrected chi connectivity index (χ0v) is 9.72. The Balaban J connectivity index is 2.22. The summed E-state index contributed by atoms with van der Waals surface area (Å²) in [6, 6.07) is 7.37. The number of carbonyl (C=O) groups is 2. The lowest BCUT2D eigenvalue weighted by Crippen LogP contribution is -2.53. The molecule has 5 nitrogen and oxygen atoms in total. The highest BCUT2D eigenvalue weighted by molar-refractivity contribution is 6.40. The summed E-state index contributed by atoms with van der Waals surface area (Å²) in [5.41, 5.74) is 7.25. The van der Waals surface area contributed by atoms with E-state index in [0.29, 0.717) is 19.6 Å². The van der Waals surface area contributed by atoms with E-state index in [-0.39, 0.29) is 0 Å². The standard InChI is InChI=1S/C12H15N3O2/c1-14-6-7-15(12(17)11(14)16)10-4-2-9(8-13)3-5-10/h2-5H,6-8,13H2,1H3. The van der Waals surface area contributed by atoms with Gasteiger partial charge in [0.05, 0.1) is 0 Å². The number of nitrogens with zero attached hydrogens (tertiary/aromatic N) is 2. The van der Waals surface area contributed by atoms with Gasteiger partial charge in [0, 0.05) is 32.4 Å². The van der Waals surface area contributed by atoms with E-state index in [1.54, 1.807) is 7.05 Å². The molecule has 1 heterocycles. The van der Waals surface area contributed by atoms with Crippen molar-refractivity contribution in [3.63, 3.8) is 0 Å². The van der Waals surface area contributed by atoms with E-state index in [4.69, 9.17) is 5.73 Å². The number of likely N-dealkylation sites (N-methyl/N-ethyl adjacent to an activating group) is 1. The van der Waals surface area contributed by atoms with Gasteiger partial charge in [-0.2, -0.15) is 0 Å². The number of piperazine rings is 1. The number of hydrogen-bond donors (Lipinski definition) is 1. The minimum absolute atomic E-state index is 0.459. The maximum absolute atomic E-state index is 11.8. The van der Waals surface area contributed by atoms with E-state index in [1.807, 2.05) is 24.3 Å². The van der Waals surface area contributed by atoms with Gasteiger partial charge in [0.15, 0.2) is 0 Å². The predicted molar refractivity (Wildman–Crippen MR) is 64.3 cm³/mol. The highest BCUT2D eigenvalue weighted by atomic mass is 16.2. The van der Waals surface area contributed by atoms with Crippen LogP contribution in [0.5, 0.6) is 0 Å². The molecule has 90 valence electrons. The molecule has 5 heteroatoms. The smallest absolute Gasteiger partial charge is 0.316 e. The van der Waals surface area contributed by atoms with Crippen molar-refractivity contribution in [3.8, 4) is 0 Å². The van der Waals surface area contributed by atoms with Gasteiger partial charge in [-0.05, 0) is 17.7 Å². The zero-order chi connectivity index (χ0) is 12.4. The van der Waals surface area contributed by atoms with Gasteiger partial charge in [0.25, 0.3) is 0 Å². The summed E-state index contributed by atoms with van der Waals surface area (Å²) in [6.45, 7) is 1.56. The number of hydrogen-bond acceptors (Lipinski definition) is 3. The molecule has 0 aromatic heterocycles. The molecule has 0 saturated carbocycles. The molecule has 2 rings (SSSR count). The highest BCUT2D eigenvalue weighted by Gasteiger charge is 2.30. The first-order valence-corrected chi connectivity index (χ1v) is 5.49. The Morgan fingerprint density at radius 3 is 2.35 bits per heavy atom. The molecule has 2 amide bonds. The van der Waals surface area contributed by atoms with Gasteiger partial charge in [-0.1, -0.05) is 12.1 Å². The summed E-state index contributed by atoms with van der Waals surface area (Å²) in [5.74, 6) is -0.932. The summed E-state index contributed by atoms with van der Waals surface area (Å²) >= 11 is 0. The van der Waals surface area contributed by atoms with Gasteiger partial charge in [0.1, 0.15) is 0 Å². The number of rotatable bonds is 2. The van der Waals surface area contributed by atoms with Crippen LogP contribution in [0, 0.1) is 0 Å². The maximum Gasteiger partial charge on any atom is 0.316 e. The fourth-order valence-electron chi connectivity index (χ4n) is 1.79. The molecule has 2 N–H and O–H groups in total. The molecule has 0 radical (unpaired) electrons. The monoisotopic (exact) mass is 233 g/mol. The molecule has 0 spiro atoms. The molecule has 0 bridgehead atoms. The van der Waals surface area contributed by atoms with Crippen molar-refractivity contribution in [1.29, 1.82) is 0 Å². The minimum Gasteiger partial charge on any atom is -0.336 e. The predicted octanol–water partition coefficient (Wildman–Crippen LogP) is -0.0497. The second kappa shape index (κ2) is 4.55. The van der Waals surface area contributed by atoms with Crippen LogP contribution >= 0.6 is 0 Å². The van der Waals surface area contributed by atoms with Crippen LogP contribution in [-0.4, -0.2) is 36.9 Å². The van der Waals surface area contributed by atoms with Crippen molar-refractivity contribution >= 4 is 17.5 Å². The molecule has 1 aliphatic rings. The summed E-state index contributed by atoms with van der Waals surface area (Å²) in [6.07, 6.45) is 0. The Hall–Kier alpha value is -1.88. The van der Waals surface area contributed by atoms with Crippen molar-refractivity contribution in [2.24, 2.45) is 5.73 Å². The van der Waals surface area contributed by atoms with E-state index < -0.39 is 11.8 Å². The van der Waals surface area contributed by atoms with Crippen molar-refractivity contribution in [3.05, 3.63) is 29.8 Å². The van der Waals surface area contributed by atoms with Crippen molar-refractivity contribution in [2.45, 2.75) is 6.54 Å². The van der Waals surface area contributed by atoms with Crippen molar-refractivity contribution in [2.75, 3.05) is 25.0 Å². The molecule has 1 aromatic carbocycles. The average Bonchev–Trinajstić information content (AvgIpc) is 2.36. The third kappa shape index (κ3) is 2.14. The first-order chi connectivity index (χ1) is 8.13. The quantitative estimate of drug-likeness (QED) is 0.728. The van der Waals surface area contributed by atoms with Gasteiger partial charge in [-0.25, -0.2) is 0 Å². The Kier molecular flexibility index (Phi) is 3.10. The molecule has 17 heavy (non-hydrogen) atoms. The van der Waals surface area contributed by atoms with Crippen molar-refractivity contribution in [1.82, 2.24) is 4.90 Å². The van der Waals surface area contributed by atoms with Crippen LogP contribution in [0.3, 0.4) is 0 Å². The molecule has 1 saturated heterocycles. The molecule has 0 aliphatic carbocycles. The first kappa shape index (κ1) is 11.6. The Morgan fingerprint density at radius 2 is 1.76 bits per heavy atom. The first-order valence-electron chi connectivity index (χ1n) is 5.49. The minimum atomic E-state index is -0.473. The van der Waals surface area contributed by atoms with E-state index >= 15 is 0 Å². The summed E-state index contributed by atoms with van der Waals surface area (Å²) in [4.78, 5) is 26.3. The van der Waals surface area contributed by atoms with E-state index in [2.05, 4.69) is 0 Å². The van der Waals surface area contributed by atoms with Gasteiger partial charge in [0.2, 0.25) is 0 Å². The molecule has 1 fully saturated rings. The lowest BCUT2D eigenvalue weighted by molar-refractivity contribution is -0.145. The second-order valence-electron chi connectivity index (χ2n) is 4.05. The normalized spacial score (nSPS) is 16.6. The fraction of sp³-hybridized carbons (Fsp3) is 0.333. The van der Waals surface area contributed by atoms with E-state index in [1.165, 1.54) is 9.80 Å². The molecular weight excluding hydrogens is 218 g/mol. The van der Waals surface area contributed by atoms with Crippen LogP contribution in [-0.2, 0) is 16.1 Å². The SMILES string of the molecule is CN1CCN(c2ccc(CN)cc2)C(=O)C1=O. The third-order valence-electron chi connectivity index (χ3n) is 2.92. The second-order valence-corrected chi connectivity index (χ2v) is 4.05. The number of amides is 2. The Morgan fingerprint density at radius 1 is 1.12 bits per heavy atom. The molecule has 1 aliphatic heterocycles. The zero-order valence-electron chi connectivity index (χ0n) is 9.72. The Bertz CT molecular complexity index is 442. The van der Waals surface area contributed by atoms with Crippen LogP contribution in [0.25, 0.3) is 0 Å². The summed E-state index contributed by atoms with van der Waals surface area (Å²) < 4.78 is 0. The van der Waals surface area contributed by atoms with Gasteiger partial charge < -0.3 is 15.5 Å². The molecule has 1 aromatic rings. The summed E-state index contributed by atoms with van der Waals surface area (Å²) in [7, 11) is 1.63. The average molecular weight is 233 g/mol. The molecule has 0 unspecified atom stereocenters. The van der Waals surface area contributed by atoms with Crippen LogP contribution < -0.4 is 10.6 Å². The largest absolute Gasteiger partial charge is 0.336 e. The van der Waals surface area contributed by atoms with Gasteiger partial charge in [-0.15, -0.1) is 0 Å². The van der Waals surface area contributed by atoms with E-state index in [9.17, 15) is 9.59 Å². The van der Waals surface area contributed by atoms with Gasteiger partial charge >= 0.3 is 11.8 Å². The van der Waals surface area contributed by atoms with Crippen LogP contribution in [0.4, 0.5) is 5.69 Å². The van der Waals surface area contributed by atoms with Gasteiger partial charge in [-0.3, -0.25) is 9.59 Å². The maximum atomic E-state index is 11.8. The van der Waals surface area contributed by atoms with Crippen LogP contribution in [0.2, 0.25) is 0 Å². The number of carbonyl (C=O) groups excluding carboxylic acids is 2. The van der Waals surface area contributed by atoms with Crippen LogP contribution in [0.1, 0.15) is 5.56 Å². The summed E-state index contributed by atoms with van der Waals surface area (Å²) in [5, 5.41) is 0. The lowest BCUT2D eigenvalue weighted by Gasteiger charge is -2.31. The van der Waals surface area contributed by atoms with Crippen LogP contribution in [0.15, 0.2) is 24.3 Å². The van der Waals surface area contributed by atoms with Crippen molar-refractivity contribution < 1.29 is 9.59 Å². The third-order valence-corrected chi connectivity index (χ3v) is 2.92.